The predicted molar refractivity (Wildman–Crippen MR) is 42.9 cm³/mol. The summed E-state index contributed by atoms with van der Waals surface area (Å²) in [7, 11) is 0. The molecule has 0 radical (unpaired) electrons. The molecule has 0 aromatic carbocycles. The number of nitrogens with two attached hydrogens (primary N) is 3. The number of hydrogen-bond donors (Lipinski definition) is 5. The highest BCUT2D eigenvalue weighted by Crippen LogP contribution is 2.44. The normalized spacial score (nSPS) is 64.2. The van der Waals surface area contributed by atoms with Crippen molar-refractivity contribution in [1.82, 2.24) is 0 Å². The molecule has 0 spiro atoms. The van der Waals surface area contributed by atoms with Gasteiger partial charge < -0.3 is 27.4 Å². The van der Waals surface area contributed by atoms with Crippen molar-refractivity contribution in [3.8, 4) is 0 Å². The number of aliphatic hydroxyl groups excluding tert-OH is 2. The van der Waals surface area contributed by atoms with Gasteiger partial charge in [0.2, 0.25) is 0 Å². The fourth-order valence-corrected chi connectivity index (χ4v) is 2.53. The molecule has 2 rings (SSSR count). The molecule has 7 unspecified atom stereocenters. The number of fused-ring (bicyclic) bond motifs is 1. The molecule has 0 aromatic rings. The van der Waals surface area contributed by atoms with Gasteiger partial charge in [-0.3, -0.25) is 0 Å². The molecule has 7 atom stereocenters. The van der Waals surface area contributed by atoms with Gasteiger partial charge in [-0.2, -0.15) is 0 Å². The first-order valence-corrected chi connectivity index (χ1v) is 4.18. The lowest BCUT2D eigenvalue weighted by Gasteiger charge is -2.45. The van der Waals surface area contributed by atoms with Gasteiger partial charge in [-0.05, 0) is 0 Å². The lowest BCUT2D eigenvalue weighted by molar-refractivity contribution is -0.0494. The van der Waals surface area contributed by atoms with Crippen LogP contribution in [0.15, 0.2) is 0 Å². The SMILES string of the molecule is NC1C(O)C(N)C2C(O)C(N)C12. The fourth-order valence-electron chi connectivity index (χ4n) is 2.53. The summed E-state index contributed by atoms with van der Waals surface area (Å²) < 4.78 is 0. The molecule has 2 aliphatic carbocycles. The van der Waals surface area contributed by atoms with Crippen LogP contribution in [-0.2, 0) is 0 Å². The Kier molecular flexibility index (Phi) is 1.68. The van der Waals surface area contributed by atoms with Crippen molar-refractivity contribution in [3.63, 3.8) is 0 Å². The second kappa shape index (κ2) is 2.40. The molecule has 2 saturated carbocycles. The first-order chi connectivity index (χ1) is 5.55. The Morgan fingerprint density at radius 2 is 1.08 bits per heavy atom. The monoisotopic (exact) mass is 173 g/mol. The van der Waals surface area contributed by atoms with Crippen molar-refractivity contribution in [2.45, 2.75) is 30.3 Å². The highest BCUT2D eigenvalue weighted by Gasteiger charge is 2.61. The van der Waals surface area contributed by atoms with Gasteiger partial charge in [0.15, 0.2) is 0 Å². The van der Waals surface area contributed by atoms with Crippen LogP contribution >= 0.6 is 0 Å². The minimum atomic E-state index is -0.719. The van der Waals surface area contributed by atoms with Gasteiger partial charge in [-0.15, -0.1) is 0 Å². The Hall–Kier alpha value is -0.200. The average molecular weight is 173 g/mol. The van der Waals surface area contributed by atoms with Crippen LogP contribution in [0.2, 0.25) is 0 Å². The molecule has 0 bridgehead atoms. The molecule has 2 fully saturated rings. The second-order valence-electron chi connectivity index (χ2n) is 3.87. The summed E-state index contributed by atoms with van der Waals surface area (Å²) in [5.41, 5.74) is 17.0. The molecule has 0 aromatic heterocycles. The largest absolute Gasteiger partial charge is 0.391 e. The Morgan fingerprint density at radius 3 is 1.58 bits per heavy atom. The van der Waals surface area contributed by atoms with E-state index in [1.165, 1.54) is 0 Å². The van der Waals surface area contributed by atoms with E-state index in [2.05, 4.69) is 0 Å². The van der Waals surface area contributed by atoms with Crippen molar-refractivity contribution in [2.24, 2.45) is 29.0 Å². The van der Waals surface area contributed by atoms with Gasteiger partial charge in [0.05, 0.1) is 12.2 Å². The molecule has 8 N–H and O–H groups in total. The van der Waals surface area contributed by atoms with Crippen LogP contribution in [-0.4, -0.2) is 40.5 Å². The van der Waals surface area contributed by atoms with E-state index in [4.69, 9.17) is 17.2 Å². The third-order valence-electron chi connectivity index (χ3n) is 3.36. The van der Waals surface area contributed by atoms with Gasteiger partial charge in [0.25, 0.3) is 0 Å². The van der Waals surface area contributed by atoms with Crippen LogP contribution in [0.4, 0.5) is 0 Å². The van der Waals surface area contributed by atoms with Gasteiger partial charge in [-0.1, -0.05) is 0 Å². The molecular formula is C7H15N3O2. The van der Waals surface area contributed by atoms with Gasteiger partial charge in [0.1, 0.15) is 0 Å². The van der Waals surface area contributed by atoms with Gasteiger partial charge >= 0.3 is 0 Å². The minimum absolute atomic E-state index is 0.00926. The fraction of sp³-hybridized carbons (Fsp3) is 1.00. The van der Waals surface area contributed by atoms with Crippen molar-refractivity contribution < 1.29 is 10.2 Å². The summed E-state index contributed by atoms with van der Waals surface area (Å²) in [5.74, 6) is -0.116. The van der Waals surface area contributed by atoms with Gasteiger partial charge in [-0.25, -0.2) is 0 Å². The molecule has 0 saturated heterocycles. The number of hydrogen-bond acceptors (Lipinski definition) is 5. The van der Waals surface area contributed by atoms with Crippen molar-refractivity contribution >= 4 is 0 Å². The van der Waals surface area contributed by atoms with E-state index >= 15 is 0 Å². The quantitative estimate of drug-likeness (QED) is 0.267. The van der Waals surface area contributed by atoms with Crippen LogP contribution in [0.3, 0.4) is 0 Å². The zero-order valence-electron chi connectivity index (χ0n) is 6.67. The molecule has 0 amide bonds. The minimum Gasteiger partial charge on any atom is -0.391 e. The zero-order chi connectivity index (χ0) is 9.04. The van der Waals surface area contributed by atoms with E-state index in [-0.39, 0.29) is 23.9 Å². The Morgan fingerprint density at radius 1 is 0.667 bits per heavy atom. The maximum absolute atomic E-state index is 9.47. The van der Waals surface area contributed by atoms with E-state index < -0.39 is 18.2 Å². The Labute approximate surface area is 70.5 Å². The number of aliphatic hydroxyl groups is 2. The molecule has 5 heteroatoms. The number of rotatable bonds is 0. The average Bonchev–Trinajstić information content (AvgIpc) is 2.26. The van der Waals surface area contributed by atoms with Crippen molar-refractivity contribution in [3.05, 3.63) is 0 Å². The summed E-state index contributed by atoms with van der Waals surface area (Å²) in [5, 5.41) is 18.9. The Balaban J connectivity index is 2.19. The summed E-state index contributed by atoms with van der Waals surface area (Å²) in [4.78, 5) is 0. The second-order valence-corrected chi connectivity index (χ2v) is 3.87. The third kappa shape index (κ3) is 0.750. The predicted octanol–water partition coefficient (Wildman–Crippen LogP) is -3.05. The first-order valence-electron chi connectivity index (χ1n) is 4.18. The van der Waals surface area contributed by atoms with Crippen LogP contribution in [0, 0.1) is 11.8 Å². The van der Waals surface area contributed by atoms with Crippen LogP contribution < -0.4 is 17.2 Å². The standard InChI is InChI=1S/C7H15N3O2/c8-3-1-2(6(3)11)5(10)7(12)4(1)9/h1-7,11-12H,8-10H2. The van der Waals surface area contributed by atoms with Crippen LogP contribution in [0.5, 0.6) is 0 Å². The lowest BCUT2D eigenvalue weighted by atomic mass is 9.67. The van der Waals surface area contributed by atoms with E-state index in [0.29, 0.717) is 0 Å². The summed E-state index contributed by atoms with van der Waals surface area (Å²) >= 11 is 0. The molecule has 2 aliphatic rings. The molecule has 12 heavy (non-hydrogen) atoms. The molecule has 5 nitrogen and oxygen atoms in total. The Bertz CT molecular complexity index is 181. The van der Waals surface area contributed by atoms with Crippen molar-refractivity contribution in [2.75, 3.05) is 0 Å². The van der Waals surface area contributed by atoms with Gasteiger partial charge in [0, 0.05) is 30.0 Å². The molecular weight excluding hydrogens is 158 g/mol. The lowest BCUT2D eigenvalue weighted by Crippen LogP contribution is -2.64. The third-order valence-corrected chi connectivity index (χ3v) is 3.36. The van der Waals surface area contributed by atoms with E-state index in [1.807, 2.05) is 0 Å². The van der Waals surface area contributed by atoms with Crippen LogP contribution in [0.1, 0.15) is 0 Å². The highest BCUT2D eigenvalue weighted by atomic mass is 16.3. The van der Waals surface area contributed by atoms with Crippen LogP contribution in [0.25, 0.3) is 0 Å². The van der Waals surface area contributed by atoms with E-state index in [9.17, 15) is 10.2 Å². The topological polar surface area (TPSA) is 119 Å². The molecule has 70 valence electrons. The van der Waals surface area contributed by atoms with Crippen molar-refractivity contribution in [1.29, 1.82) is 0 Å². The zero-order valence-corrected chi connectivity index (χ0v) is 6.67. The maximum Gasteiger partial charge on any atom is 0.0848 e. The summed E-state index contributed by atoms with van der Waals surface area (Å²) in [6, 6.07) is -1.10. The van der Waals surface area contributed by atoms with E-state index in [0.717, 1.165) is 0 Å². The first kappa shape index (κ1) is 8.40. The van der Waals surface area contributed by atoms with E-state index in [1.54, 1.807) is 0 Å². The molecule has 0 heterocycles. The smallest absolute Gasteiger partial charge is 0.0848 e. The molecule has 0 aliphatic heterocycles. The highest BCUT2D eigenvalue weighted by molar-refractivity contribution is 5.17. The maximum atomic E-state index is 9.47. The summed E-state index contributed by atoms with van der Waals surface area (Å²) in [6.45, 7) is 0. The summed E-state index contributed by atoms with van der Waals surface area (Å²) in [6.07, 6.45) is -1.31.